The maximum Gasteiger partial charge on any atom is 0.276 e. The number of nitrogens with zero attached hydrogens (tertiary/aromatic N) is 3. The minimum absolute atomic E-state index is 0.184. The Hall–Kier alpha value is -2.18. The van der Waals surface area contributed by atoms with Crippen molar-refractivity contribution in [2.75, 3.05) is 36.5 Å². The second-order valence-electron chi connectivity index (χ2n) is 4.79. The van der Waals surface area contributed by atoms with Gasteiger partial charge >= 0.3 is 0 Å². The molecule has 2 aromatic rings. The molecule has 0 unspecified atom stereocenters. The lowest BCUT2D eigenvalue weighted by atomic mass is 10.3. The van der Waals surface area contributed by atoms with E-state index in [2.05, 4.69) is 20.2 Å². The predicted octanol–water partition coefficient (Wildman–Crippen LogP) is 2.22. The molecule has 0 bridgehead atoms. The molecule has 0 aliphatic carbocycles. The molecule has 1 fully saturated rings. The van der Waals surface area contributed by atoms with Gasteiger partial charge in [-0.1, -0.05) is 11.6 Å². The number of aromatic nitrogens is 2. The molecule has 0 atom stereocenters. The number of carbonyl (C=O) groups excluding carboxylic acids is 1. The van der Waals surface area contributed by atoms with E-state index >= 15 is 0 Å². The summed E-state index contributed by atoms with van der Waals surface area (Å²) in [5.74, 6) is 0.0842. The third-order valence-corrected chi connectivity index (χ3v) is 3.64. The lowest BCUT2D eigenvalue weighted by Gasteiger charge is -2.28. The van der Waals surface area contributed by atoms with E-state index in [1.807, 2.05) is 6.07 Å². The molecule has 3 heterocycles. The van der Waals surface area contributed by atoms with E-state index in [0.717, 1.165) is 32.0 Å². The van der Waals surface area contributed by atoms with Crippen molar-refractivity contribution in [3.8, 4) is 0 Å². The number of halogens is 1. The largest absolute Gasteiger partial charge is 0.378 e. The quantitative estimate of drug-likeness (QED) is 0.940. The van der Waals surface area contributed by atoms with E-state index in [4.69, 9.17) is 16.3 Å². The summed E-state index contributed by atoms with van der Waals surface area (Å²) in [6, 6.07) is 6.99. The second-order valence-corrected chi connectivity index (χ2v) is 5.20. The molecule has 0 spiro atoms. The number of hydrogen-bond acceptors (Lipinski definition) is 5. The summed E-state index contributed by atoms with van der Waals surface area (Å²) in [6.45, 7) is 3.13. The second kappa shape index (κ2) is 6.72. The van der Waals surface area contributed by atoms with Crippen molar-refractivity contribution in [3.05, 3.63) is 47.4 Å². The monoisotopic (exact) mass is 318 g/mol. The summed E-state index contributed by atoms with van der Waals surface area (Å²) in [4.78, 5) is 22.5. The summed E-state index contributed by atoms with van der Waals surface area (Å²) in [6.07, 6.45) is 3.26. The highest BCUT2D eigenvalue weighted by Crippen LogP contribution is 2.18. The minimum atomic E-state index is -0.378. The fourth-order valence-corrected chi connectivity index (χ4v) is 2.40. The molecule has 0 radical (unpaired) electrons. The molecule has 3 rings (SSSR count). The van der Waals surface area contributed by atoms with E-state index in [-0.39, 0.29) is 11.6 Å². The van der Waals surface area contributed by atoms with Crippen LogP contribution in [0.1, 0.15) is 10.5 Å². The van der Waals surface area contributed by atoms with E-state index in [0.29, 0.717) is 10.8 Å². The third kappa shape index (κ3) is 3.35. The number of nitrogens with one attached hydrogen (secondary N) is 1. The fraction of sp³-hybridized carbons (Fsp3) is 0.267. The fourth-order valence-electron chi connectivity index (χ4n) is 2.20. The van der Waals surface area contributed by atoms with Crippen molar-refractivity contribution in [1.29, 1.82) is 0 Å². The van der Waals surface area contributed by atoms with Crippen LogP contribution >= 0.6 is 11.6 Å². The lowest BCUT2D eigenvalue weighted by Crippen LogP contribution is -2.36. The molecule has 0 saturated carbocycles. The number of carbonyl (C=O) groups is 1. The highest BCUT2D eigenvalue weighted by Gasteiger charge is 2.14. The van der Waals surface area contributed by atoms with Gasteiger partial charge in [-0.25, -0.2) is 9.97 Å². The smallest absolute Gasteiger partial charge is 0.276 e. The SMILES string of the molecule is O=C(Nc1ccc(N2CCOCC2)cn1)c1ncccc1Cl. The zero-order chi connectivity index (χ0) is 15.4. The molecule has 1 N–H and O–H groups in total. The number of morpholine rings is 1. The van der Waals surface area contributed by atoms with Crippen molar-refractivity contribution in [1.82, 2.24) is 9.97 Å². The summed E-state index contributed by atoms with van der Waals surface area (Å²) >= 11 is 5.95. The molecular formula is C15H15ClN4O2. The first-order chi connectivity index (χ1) is 10.7. The van der Waals surface area contributed by atoms with Crippen molar-refractivity contribution < 1.29 is 9.53 Å². The number of pyridine rings is 2. The molecule has 1 aliphatic heterocycles. The normalized spacial score (nSPS) is 14.7. The van der Waals surface area contributed by atoms with Crippen LogP contribution in [0, 0.1) is 0 Å². The molecule has 2 aromatic heterocycles. The first-order valence-electron chi connectivity index (χ1n) is 6.94. The molecule has 1 saturated heterocycles. The van der Waals surface area contributed by atoms with Crippen LogP contribution in [0.25, 0.3) is 0 Å². The van der Waals surface area contributed by atoms with Gasteiger partial charge in [0.15, 0.2) is 0 Å². The molecule has 6 nitrogen and oxygen atoms in total. The maximum atomic E-state index is 12.1. The van der Waals surface area contributed by atoms with Crippen LogP contribution in [0.2, 0.25) is 5.02 Å². The molecule has 22 heavy (non-hydrogen) atoms. The van der Waals surface area contributed by atoms with E-state index in [1.54, 1.807) is 24.4 Å². The Morgan fingerprint density at radius 3 is 2.73 bits per heavy atom. The van der Waals surface area contributed by atoms with E-state index in [1.165, 1.54) is 6.20 Å². The highest BCUT2D eigenvalue weighted by atomic mass is 35.5. The van der Waals surface area contributed by atoms with Gasteiger partial charge in [-0.3, -0.25) is 4.79 Å². The van der Waals surface area contributed by atoms with Gasteiger partial charge in [0, 0.05) is 19.3 Å². The van der Waals surface area contributed by atoms with Crippen LogP contribution in [0.5, 0.6) is 0 Å². The Kier molecular flexibility index (Phi) is 4.50. The van der Waals surface area contributed by atoms with Crippen LogP contribution in [-0.2, 0) is 4.74 Å². The van der Waals surface area contributed by atoms with Crippen molar-refractivity contribution in [3.63, 3.8) is 0 Å². The average molecular weight is 319 g/mol. The van der Waals surface area contributed by atoms with Crippen LogP contribution in [0.15, 0.2) is 36.7 Å². The third-order valence-electron chi connectivity index (χ3n) is 3.34. The molecule has 1 aliphatic rings. The van der Waals surface area contributed by atoms with Crippen LogP contribution < -0.4 is 10.2 Å². The van der Waals surface area contributed by atoms with Gasteiger partial charge in [-0.15, -0.1) is 0 Å². The summed E-state index contributed by atoms with van der Waals surface area (Å²) in [5, 5.41) is 3.00. The minimum Gasteiger partial charge on any atom is -0.378 e. The molecule has 114 valence electrons. The highest BCUT2D eigenvalue weighted by molar-refractivity contribution is 6.34. The Morgan fingerprint density at radius 1 is 1.23 bits per heavy atom. The topological polar surface area (TPSA) is 67.4 Å². The average Bonchev–Trinajstić information content (AvgIpc) is 2.57. The zero-order valence-electron chi connectivity index (χ0n) is 11.8. The number of hydrogen-bond donors (Lipinski definition) is 1. The molecule has 7 heteroatoms. The first kappa shape index (κ1) is 14.7. The number of ether oxygens (including phenoxy) is 1. The Bertz CT molecular complexity index is 657. The number of anilines is 2. The van der Waals surface area contributed by atoms with Crippen LogP contribution in [-0.4, -0.2) is 42.2 Å². The summed E-state index contributed by atoms with van der Waals surface area (Å²) in [5.41, 5.74) is 1.19. The van der Waals surface area contributed by atoms with Gasteiger partial charge < -0.3 is 15.0 Å². The Morgan fingerprint density at radius 2 is 2.05 bits per heavy atom. The lowest BCUT2D eigenvalue weighted by molar-refractivity contribution is 0.102. The van der Waals surface area contributed by atoms with Crippen molar-refractivity contribution in [2.24, 2.45) is 0 Å². The standard InChI is InChI=1S/C15H15ClN4O2/c16-12-2-1-5-17-14(12)15(21)19-13-4-3-11(10-18-13)20-6-8-22-9-7-20/h1-5,10H,6-9H2,(H,18,19,21). The Balaban J connectivity index is 1.68. The van der Waals surface area contributed by atoms with Crippen molar-refractivity contribution in [2.45, 2.75) is 0 Å². The van der Waals surface area contributed by atoms with Crippen molar-refractivity contribution >= 4 is 29.0 Å². The number of amides is 1. The summed E-state index contributed by atoms with van der Waals surface area (Å²) < 4.78 is 5.32. The zero-order valence-corrected chi connectivity index (χ0v) is 12.6. The van der Waals surface area contributed by atoms with Gasteiger partial charge in [-0.05, 0) is 24.3 Å². The van der Waals surface area contributed by atoms with Gasteiger partial charge in [0.05, 0.1) is 30.1 Å². The molecule has 0 aromatic carbocycles. The first-order valence-corrected chi connectivity index (χ1v) is 7.32. The molecular weight excluding hydrogens is 304 g/mol. The van der Waals surface area contributed by atoms with Crippen LogP contribution in [0.3, 0.4) is 0 Å². The van der Waals surface area contributed by atoms with Gasteiger partial charge in [0.1, 0.15) is 11.5 Å². The Labute approximate surface area is 133 Å². The van der Waals surface area contributed by atoms with E-state index in [9.17, 15) is 4.79 Å². The van der Waals surface area contributed by atoms with E-state index < -0.39 is 0 Å². The van der Waals surface area contributed by atoms with Gasteiger partial charge in [0.25, 0.3) is 5.91 Å². The van der Waals surface area contributed by atoms with Gasteiger partial charge in [-0.2, -0.15) is 0 Å². The van der Waals surface area contributed by atoms with Gasteiger partial charge in [0.2, 0.25) is 0 Å². The predicted molar refractivity (Wildman–Crippen MR) is 84.5 cm³/mol. The number of rotatable bonds is 3. The molecule has 1 amide bonds. The summed E-state index contributed by atoms with van der Waals surface area (Å²) in [7, 11) is 0. The van der Waals surface area contributed by atoms with Crippen LogP contribution in [0.4, 0.5) is 11.5 Å². The maximum absolute atomic E-state index is 12.1.